The van der Waals surface area contributed by atoms with E-state index in [4.69, 9.17) is 4.74 Å². The summed E-state index contributed by atoms with van der Waals surface area (Å²) in [4.78, 5) is 11.4. The minimum absolute atomic E-state index is 0.00414. The van der Waals surface area contributed by atoms with Crippen molar-refractivity contribution in [2.24, 2.45) is 5.92 Å². The molecular formula is C13H26O2. The molecule has 0 aliphatic carbocycles. The molecule has 0 aromatic heterocycles. The second-order valence-corrected chi connectivity index (χ2v) is 4.50. The van der Waals surface area contributed by atoms with Crippen molar-refractivity contribution in [3.05, 3.63) is 0 Å². The predicted molar refractivity (Wildman–Crippen MR) is 63.8 cm³/mol. The van der Waals surface area contributed by atoms with Gasteiger partial charge in [0.1, 0.15) is 6.10 Å². The van der Waals surface area contributed by atoms with Crippen molar-refractivity contribution in [3.63, 3.8) is 0 Å². The molecule has 0 radical (unpaired) electrons. The van der Waals surface area contributed by atoms with Crippen molar-refractivity contribution in [2.45, 2.75) is 72.3 Å². The zero-order valence-electron chi connectivity index (χ0n) is 10.7. The maximum atomic E-state index is 11.4. The third kappa shape index (κ3) is 7.40. The third-order valence-electron chi connectivity index (χ3n) is 2.49. The highest BCUT2D eigenvalue weighted by Crippen LogP contribution is 2.14. The third-order valence-corrected chi connectivity index (χ3v) is 2.49. The van der Waals surface area contributed by atoms with Gasteiger partial charge in [-0.05, 0) is 19.3 Å². The van der Waals surface area contributed by atoms with Gasteiger partial charge < -0.3 is 4.74 Å². The monoisotopic (exact) mass is 214 g/mol. The highest BCUT2D eigenvalue weighted by atomic mass is 16.5. The molecule has 0 spiro atoms. The first-order valence-electron chi connectivity index (χ1n) is 6.32. The molecule has 0 fully saturated rings. The van der Waals surface area contributed by atoms with Crippen LogP contribution in [0.4, 0.5) is 0 Å². The maximum Gasteiger partial charge on any atom is 0.308 e. The number of rotatable bonds is 8. The Kier molecular flexibility index (Phi) is 8.44. The van der Waals surface area contributed by atoms with Gasteiger partial charge in [-0.15, -0.1) is 0 Å². The molecule has 0 amide bonds. The van der Waals surface area contributed by atoms with Crippen molar-refractivity contribution in [1.29, 1.82) is 0 Å². The van der Waals surface area contributed by atoms with Crippen LogP contribution in [-0.2, 0) is 9.53 Å². The van der Waals surface area contributed by atoms with E-state index in [2.05, 4.69) is 13.8 Å². The van der Waals surface area contributed by atoms with Crippen LogP contribution in [0.2, 0.25) is 0 Å². The van der Waals surface area contributed by atoms with Crippen molar-refractivity contribution in [3.8, 4) is 0 Å². The number of carbonyl (C=O) groups is 1. The SMILES string of the molecule is CCCCCC(CCC)OC(=O)C(C)C. The van der Waals surface area contributed by atoms with Gasteiger partial charge in [0, 0.05) is 0 Å². The first-order chi connectivity index (χ1) is 7.11. The molecule has 1 atom stereocenters. The van der Waals surface area contributed by atoms with Crippen LogP contribution in [0.5, 0.6) is 0 Å². The molecule has 0 aromatic rings. The number of esters is 1. The van der Waals surface area contributed by atoms with Crippen molar-refractivity contribution >= 4 is 5.97 Å². The Labute approximate surface area is 94.4 Å². The minimum Gasteiger partial charge on any atom is -0.462 e. The quantitative estimate of drug-likeness (QED) is 0.452. The van der Waals surface area contributed by atoms with Gasteiger partial charge in [-0.25, -0.2) is 0 Å². The largest absolute Gasteiger partial charge is 0.462 e. The predicted octanol–water partition coefficient (Wildman–Crippen LogP) is 3.93. The fourth-order valence-corrected chi connectivity index (χ4v) is 1.51. The lowest BCUT2D eigenvalue weighted by molar-refractivity contribution is -0.153. The second kappa shape index (κ2) is 8.75. The van der Waals surface area contributed by atoms with E-state index in [-0.39, 0.29) is 18.0 Å². The Morgan fingerprint density at radius 2 is 1.73 bits per heavy atom. The Hall–Kier alpha value is -0.530. The topological polar surface area (TPSA) is 26.3 Å². The summed E-state index contributed by atoms with van der Waals surface area (Å²) < 4.78 is 5.46. The summed E-state index contributed by atoms with van der Waals surface area (Å²) in [6.45, 7) is 8.10. The Balaban J connectivity index is 3.86. The molecule has 2 nitrogen and oxygen atoms in total. The molecule has 0 N–H and O–H groups in total. The summed E-state index contributed by atoms with van der Waals surface area (Å²) in [7, 11) is 0. The van der Waals surface area contributed by atoms with Crippen molar-refractivity contribution in [2.75, 3.05) is 0 Å². The van der Waals surface area contributed by atoms with Crippen LogP contribution in [0.25, 0.3) is 0 Å². The summed E-state index contributed by atoms with van der Waals surface area (Å²) in [5.74, 6) is -0.0551. The zero-order valence-corrected chi connectivity index (χ0v) is 10.7. The van der Waals surface area contributed by atoms with Gasteiger partial charge in [-0.3, -0.25) is 4.79 Å². The Morgan fingerprint density at radius 3 is 2.20 bits per heavy atom. The minimum atomic E-state index is -0.0510. The summed E-state index contributed by atoms with van der Waals surface area (Å²) in [6, 6.07) is 0. The molecule has 2 heteroatoms. The van der Waals surface area contributed by atoms with E-state index in [9.17, 15) is 4.79 Å². The molecule has 0 aromatic carbocycles. The summed E-state index contributed by atoms with van der Waals surface area (Å²) in [5, 5.41) is 0. The molecule has 0 heterocycles. The molecule has 0 saturated carbocycles. The van der Waals surface area contributed by atoms with Crippen molar-refractivity contribution in [1.82, 2.24) is 0 Å². The zero-order chi connectivity index (χ0) is 11.7. The number of ether oxygens (including phenoxy) is 1. The molecule has 0 aliphatic heterocycles. The van der Waals surface area contributed by atoms with E-state index < -0.39 is 0 Å². The lowest BCUT2D eigenvalue weighted by atomic mass is 10.1. The average Bonchev–Trinajstić information content (AvgIpc) is 2.18. The fourth-order valence-electron chi connectivity index (χ4n) is 1.51. The molecule has 0 rings (SSSR count). The number of hydrogen-bond acceptors (Lipinski definition) is 2. The van der Waals surface area contributed by atoms with E-state index in [1.165, 1.54) is 19.3 Å². The van der Waals surface area contributed by atoms with E-state index in [1.807, 2.05) is 13.8 Å². The molecular weight excluding hydrogens is 188 g/mol. The molecule has 1 unspecified atom stereocenters. The second-order valence-electron chi connectivity index (χ2n) is 4.50. The van der Waals surface area contributed by atoms with Crippen LogP contribution in [0.3, 0.4) is 0 Å². The highest BCUT2D eigenvalue weighted by molar-refractivity contribution is 5.71. The molecule has 90 valence electrons. The van der Waals surface area contributed by atoms with Crippen LogP contribution in [0, 0.1) is 5.92 Å². The van der Waals surface area contributed by atoms with E-state index in [0.29, 0.717) is 0 Å². The Bertz CT molecular complexity index is 164. The van der Waals surface area contributed by atoms with E-state index in [1.54, 1.807) is 0 Å². The van der Waals surface area contributed by atoms with Gasteiger partial charge in [0.2, 0.25) is 0 Å². The molecule has 0 saturated heterocycles. The highest BCUT2D eigenvalue weighted by Gasteiger charge is 2.15. The molecule has 0 bridgehead atoms. The number of unbranched alkanes of at least 4 members (excludes halogenated alkanes) is 2. The number of carbonyl (C=O) groups excluding carboxylic acids is 1. The Morgan fingerprint density at radius 1 is 1.07 bits per heavy atom. The van der Waals surface area contributed by atoms with Gasteiger partial charge >= 0.3 is 5.97 Å². The van der Waals surface area contributed by atoms with E-state index in [0.717, 1.165) is 19.3 Å². The first-order valence-corrected chi connectivity index (χ1v) is 6.32. The smallest absolute Gasteiger partial charge is 0.308 e. The number of hydrogen-bond donors (Lipinski definition) is 0. The van der Waals surface area contributed by atoms with E-state index >= 15 is 0 Å². The van der Waals surface area contributed by atoms with Gasteiger partial charge in [0.05, 0.1) is 5.92 Å². The van der Waals surface area contributed by atoms with Crippen LogP contribution < -0.4 is 0 Å². The maximum absolute atomic E-state index is 11.4. The van der Waals surface area contributed by atoms with Gasteiger partial charge in [-0.2, -0.15) is 0 Å². The molecule has 15 heavy (non-hydrogen) atoms. The van der Waals surface area contributed by atoms with Gasteiger partial charge in [0.25, 0.3) is 0 Å². The lowest BCUT2D eigenvalue weighted by Gasteiger charge is -2.18. The normalized spacial score (nSPS) is 12.9. The van der Waals surface area contributed by atoms with Crippen LogP contribution in [0.1, 0.15) is 66.2 Å². The standard InChI is InChI=1S/C13H26O2/c1-5-7-8-10-12(9-6-2)15-13(14)11(3)4/h11-12H,5-10H2,1-4H3. The van der Waals surface area contributed by atoms with Crippen molar-refractivity contribution < 1.29 is 9.53 Å². The summed E-state index contributed by atoms with van der Waals surface area (Å²) in [5.41, 5.74) is 0. The summed E-state index contributed by atoms with van der Waals surface area (Å²) >= 11 is 0. The van der Waals surface area contributed by atoms with Crippen LogP contribution in [-0.4, -0.2) is 12.1 Å². The first kappa shape index (κ1) is 14.5. The van der Waals surface area contributed by atoms with Crippen LogP contribution in [0.15, 0.2) is 0 Å². The summed E-state index contributed by atoms with van der Waals surface area (Å²) in [6.07, 6.45) is 6.89. The lowest BCUT2D eigenvalue weighted by Crippen LogP contribution is -2.21. The van der Waals surface area contributed by atoms with Gasteiger partial charge in [0.15, 0.2) is 0 Å². The van der Waals surface area contributed by atoms with Gasteiger partial charge in [-0.1, -0.05) is 47.0 Å². The molecule has 0 aliphatic rings. The fraction of sp³-hybridized carbons (Fsp3) is 0.923. The average molecular weight is 214 g/mol. The van der Waals surface area contributed by atoms with Crippen LogP contribution >= 0.6 is 0 Å².